The third-order valence-corrected chi connectivity index (χ3v) is 7.13. The van der Waals surface area contributed by atoms with Gasteiger partial charge in [-0.25, -0.2) is 13.1 Å². The van der Waals surface area contributed by atoms with E-state index in [1.165, 1.54) is 12.1 Å². The summed E-state index contributed by atoms with van der Waals surface area (Å²) in [5.41, 5.74) is 1.51. The fourth-order valence-electron chi connectivity index (χ4n) is 4.26. The number of hydrogen-bond acceptors (Lipinski definition) is 6. The lowest BCUT2D eigenvalue weighted by atomic mass is 9.92. The summed E-state index contributed by atoms with van der Waals surface area (Å²) >= 11 is 0. The van der Waals surface area contributed by atoms with Crippen molar-refractivity contribution in [2.75, 3.05) is 0 Å². The number of aryl methyl sites for hydroxylation is 1. The zero-order valence-corrected chi connectivity index (χ0v) is 16.7. The van der Waals surface area contributed by atoms with Crippen molar-refractivity contribution in [2.24, 2.45) is 0 Å². The molecule has 0 saturated heterocycles. The molecule has 2 aliphatic rings. The topological polar surface area (TPSA) is 136 Å². The van der Waals surface area contributed by atoms with E-state index in [-0.39, 0.29) is 35.1 Å². The molecule has 0 bridgehead atoms. The molecule has 2 N–H and O–H groups in total. The number of benzene rings is 2. The number of sulfonamides is 1. The van der Waals surface area contributed by atoms with E-state index in [0.29, 0.717) is 25.0 Å². The average molecular weight is 432 g/mol. The molecule has 2 aromatic carbocycles. The number of rotatable bonds is 7. The number of nitrogens with one attached hydrogen (secondary N) is 1. The van der Waals surface area contributed by atoms with Crippen LogP contribution in [0.4, 0.5) is 5.69 Å². The summed E-state index contributed by atoms with van der Waals surface area (Å²) in [6, 6.07) is 9.94. The van der Waals surface area contributed by atoms with Crippen LogP contribution in [0.1, 0.15) is 36.3 Å². The second-order valence-corrected chi connectivity index (χ2v) is 9.18. The standard InChI is InChI=1S/C20H20N2O7S/c23-18(24)11-4-12-2-1-3-15-19-16(9-10-17(19)29-20(12)15)21-30(27,28)14-7-5-13(6-8-14)22(25)26/h1-3,5-8,16-17,19,21H,4,9-11H2,(H,23,24). The summed E-state index contributed by atoms with van der Waals surface area (Å²) < 4.78 is 34.5. The first-order valence-corrected chi connectivity index (χ1v) is 11.0. The van der Waals surface area contributed by atoms with Crippen molar-refractivity contribution in [3.63, 3.8) is 0 Å². The minimum atomic E-state index is -3.86. The van der Waals surface area contributed by atoms with Crippen molar-refractivity contribution in [1.29, 1.82) is 0 Å². The first-order chi connectivity index (χ1) is 14.3. The monoisotopic (exact) mass is 432 g/mol. The van der Waals surface area contributed by atoms with Crippen LogP contribution in [0.5, 0.6) is 5.75 Å². The molecule has 0 radical (unpaired) electrons. The molecule has 1 fully saturated rings. The molecule has 9 nitrogen and oxygen atoms in total. The van der Waals surface area contributed by atoms with Gasteiger partial charge < -0.3 is 9.84 Å². The predicted octanol–water partition coefficient (Wildman–Crippen LogP) is 2.60. The summed E-state index contributed by atoms with van der Waals surface area (Å²) in [6.07, 6.45) is 1.43. The van der Waals surface area contributed by atoms with Crippen LogP contribution >= 0.6 is 0 Å². The van der Waals surface area contributed by atoms with E-state index >= 15 is 0 Å². The zero-order valence-electron chi connectivity index (χ0n) is 15.9. The lowest BCUT2D eigenvalue weighted by Crippen LogP contribution is -2.37. The fourth-order valence-corrected chi connectivity index (χ4v) is 5.55. The average Bonchev–Trinajstić information content (AvgIpc) is 3.26. The van der Waals surface area contributed by atoms with Gasteiger partial charge in [0.1, 0.15) is 11.9 Å². The first-order valence-electron chi connectivity index (χ1n) is 9.53. The molecular weight excluding hydrogens is 412 g/mol. The maximum atomic E-state index is 12.8. The third kappa shape index (κ3) is 3.75. The Kier molecular flexibility index (Phi) is 5.20. The number of fused-ring (bicyclic) bond motifs is 3. The minimum absolute atomic E-state index is 0.00858. The van der Waals surface area contributed by atoms with E-state index in [9.17, 15) is 23.3 Å². The normalized spacial score (nSPS) is 22.2. The first kappa shape index (κ1) is 20.3. The zero-order chi connectivity index (χ0) is 21.5. The number of para-hydroxylation sites is 1. The number of hydrogen-bond donors (Lipinski definition) is 2. The van der Waals surface area contributed by atoms with Crippen LogP contribution in [-0.4, -0.2) is 36.6 Å². The molecule has 10 heteroatoms. The summed E-state index contributed by atoms with van der Waals surface area (Å²) in [5, 5.41) is 19.7. The molecule has 158 valence electrons. The van der Waals surface area contributed by atoms with Crippen molar-refractivity contribution in [2.45, 2.75) is 48.6 Å². The van der Waals surface area contributed by atoms with E-state index < -0.39 is 20.9 Å². The highest BCUT2D eigenvalue weighted by Crippen LogP contribution is 2.49. The molecule has 0 amide bonds. The van der Waals surface area contributed by atoms with Crippen molar-refractivity contribution in [1.82, 2.24) is 4.72 Å². The number of carboxylic acid groups (broad SMARTS) is 1. The van der Waals surface area contributed by atoms with Gasteiger partial charge in [0, 0.05) is 36.1 Å². The molecule has 2 aromatic rings. The van der Waals surface area contributed by atoms with Gasteiger partial charge in [0.05, 0.1) is 9.82 Å². The molecule has 3 atom stereocenters. The van der Waals surface area contributed by atoms with Crippen LogP contribution in [0.25, 0.3) is 0 Å². The highest BCUT2D eigenvalue weighted by atomic mass is 32.2. The predicted molar refractivity (Wildman–Crippen MR) is 106 cm³/mol. The molecule has 0 spiro atoms. The molecule has 1 saturated carbocycles. The van der Waals surface area contributed by atoms with Crippen LogP contribution in [0.3, 0.4) is 0 Å². The minimum Gasteiger partial charge on any atom is -0.489 e. The van der Waals surface area contributed by atoms with Crippen LogP contribution in [-0.2, 0) is 21.2 Å². The lowest BCUT2D eigenvalue weighted by Gasteiger charge is -2.19. The van der Waals surface area contributed by atoms with Gasteiger partial charge in [0.25, 0.3) is 5.69 Å². The number of nitro groups is 1. The highest BCUT2D eigenvalue weighted by Gasteiger charge is 2.46. The maximum absolute atomic E-state index is 12.8. The van der Waals surface area contributed by atoms with Gasteiger partial charge >= 0.3 is 5.97 Å². The summed E-state index contributed by atoms with van der Waals surface area (Å²) in [4.78, 5) is 21.1. The Morgan fingerprint density at radius 1 is 1.20 bits per heavy atom. The Hall–Kier alpha value is -2.98. The van der Waals surface area contributed by atoms with Gasteiger partial charge in [-0.3, -0.25) is 14.9 Å². The molecule has 30 heavy (non-hydrogen) atoms. The molecule has 4 rings (SSSR count). The number of nitro benzene ring substituents is 1. The van der Waals surface area contributed by atoms with Gasteiger partial charge in [0.15, 0.2) is 0 Å². The van der Waals surface area contributed by atoms with E-state index in [4.69, 9.17) is 9.84 Å². The Morgan fingerprint density at radius 3 is 2.60 bits per heavy atom. The number of non-ortho nitro benzene ring substituents is 1. The second kappa shape index (κ2) is 7.69. The smallest absolute Gasteiger partial charge is 0.303 e. The van der Waals surface area contributed by atoms with E-state index in [1.807, 2.05) is 18.2 Å². The van der Waals surface area contributed by atoms with Crippen molar-refractivity contribution in [3.05, 3.63) is 63.7 Å². The number of nitrogens with zero attached hydrogens (tertiary/aromatic N) is 1. The van der Waals surface area contributed by atoms with Crippen molar-refractivity contribution in [3.8, 4) is 5.75 Å². The number of aliphatic carboxylic acids is 1. The second-order valence-electron chi connectivity index (χ2n) is 7.47. The largest absolute Gasteiger partial charge is 0.489 e. The van der Waals surface area contributed by atoms with Crippen LogP contribution in [0.2, 0.25) is 0 Å². The van der Waals surface area contributed by atoms with Crippen molar-refractivity contribution < 1.29 is 28.0 Å². The Balaban J connectivity index is 1.56. The van der Waals surface area contributed by atoms with Gasteiger partial charge in [-0.15, -0.1) is 0 Å². The SMILES string of the molecule is O=C(O)CCc1cccc2c1OC1CCC(NS(=O)(=O)c3ccc([N+](=O)[O-])cc3)C21. The molecule has 3 unspecified atom stereocenters. The van der Waals surface area contributed by atoms with Crippen molar-refractivity contribution >= 4 is 21.7 Å². The third-order valence-electron chi connectivity index (χ3n) is 5.62. The van der Waals surface area contributed by atoms with Crippen LogP contribution < -0.4 is 9.46 Å². The number of carboxylic acids is 1. The van der Waals surface area contributed by atoms with E-state index in [1.54, 1.807) is 0 Å². The molecule has 0 aromatic heterocycles. The van der Waals surface area contributed by atoms with Gasteiger partial charge in [-0.1, -0.05) is 18.2 Å². The van der Waals surface area contributed by atoms with E-state index in [0.717, 1.165) is 23.3 Å². The number of carbonyl (C=O) groups is 1. The Labute approximate surface area is 172 Å². The highest BCUT2D eigenvalue weighted by molar-refractivity contribution is 7.89. The summed E-state index contributed by atoms with van der Waals surface area (Å²) in [6.45, 7) is 0. The Bertz CT molecular complexity index is 1100. The van der Waals surface area contributed by atoms with Gasteiger partial charge in [0.2, 0.25) is 10.0 Å². The molecule has 1 aliphatic heterocycles. The van der Waals surface area contributed by atoms with Gasteiger partial charge in [-0.05, 0) is 37.0 Å². The Morgan fingerprint density at radius 2 is 1.93 bits per heavy atom. The quantitative estimate of drug-likeness (QED) is 0.507. The fraction of sp³-hybridized carbons (Fsp3) is 0.350. The lowest BCUT2D eigenvalue weighted by molar-refractivity contribution is -0.384. The molecular formula is C20H20N2O7S. The van der Waals surface area contributed by atoms with E-state index in [2.05, 4.69) is 4.72 Å². The molecule has 1 aliphatic carbocycles. The summed E-state index contributed by atoms with van der Waals surface area (Å²) in [5.74, 6) is -0.398. The maximum Gasteiger partial charge on any atom is 0.303 e. The van der Waals surface area contributed by atoms with Gasteiger partial charge in [-0.2, -0.15) is 0 Å². The summed E-state index contributed by atoms with van der Waals surface area (Å²) in [7, 11) is -3.86. The molecule has 1 heterocycles. The van der Waals surface area contributed by atoms with Crippen LogP contribution in [0, 0.1) is 10.1 Å². The number of ether oxygens (including phenoxy) is 1. The van der Waals surface area contributed by atoms with Crippen LogP contribution in [0.15, 0.2) is 47.4 Å².